The van der Waals surface area contributed by atoms with E-state index in [-0.39, 0.29) is 16.7 Å². The molecule has 0 spiro atoms. The van der Waals surface area contributed by atoms with Crippen LogP contribution in [0.3, 0.4) is 0 Å². The highest BCUT2D eigenvalue weighted by Crippen LogP contribution is 2.36. The van der Waals surface area contributed by atoms with E-state index in [0.717, 1.165) is 18.7 Å². The van der Waals surface area contributed by atoms with Crippen molar-refractivity contribution in [3.63, 3.8) is 0 Å². The molecule has 2 rings (SSSR count). The smallest absolute Gasteiger partial charge is 0.353 e. The maximum absolute atomic E-state index is 11.5. The minimum atomic E-state index is -0.382. The van der Waals surface area contributed by atoms with Crippen molar-refractivity contribution in [1.29, 1.82) is 0 Å². The Balaban J connectivity index is 2.40. The van der Waals surface area contributed by atoms with Crippen LogP contribution in [0.15, 0.2) is 6.33 Å². The number of hydrogen-bond acceptors (Lipinski definition) is 7. The van der Waals surface area contributed by atoms with E-state index >= 15 is 0 Å². The SMILES string of the molecule is CCCNc1ncnc(N2CCSC(C)C2C)c1[N+](=O)[O-]. The third kappa shape index (κ3) is 3.37. The molecule has 1 aromatic heterocycles. The first-order valence-corrected chi connectivity index (χ1v) is 8.22. The second kappa shape index (κ2) is 6.93. The zero-order chi connectivity index (χ0) is 15.4. The molecule has 2 heterocycles. The molecule has 2 unspecified atom stereocenters. The summed E-state index contributed by atoms with van der Waals surface area (Å²) >= 11 is 1.89. The van der Waals surface area contributed by atoms with Crippen molar-refractivity contribution in [3.05, 3.63) is 16.4 Å². The molecule has 0 amide bonds. The summed E-state index contributed by atoms with van der Waals surface area (Å²) in [6.45, 7) is 7.65. The van der Waals surface area contributed by atoms with Gasteiger partial charge in [-0.2, -0.15) is 11.8 Å². The summed E-state index contributed by atoms with van der Waals surface area (Å²) in [6.07, 6.45) is 2.28. The van der Waals surface area contributed by atoms with Crippen LogP contribution < -0.4 is 10.2 Å². The van der Waals surface area contributed by atoms with Crippen molar-refractivity contribution >= 4 is 29.1 Å². The fourth-order valence-electron chi connectivity index (χ4n) is 2.35. The van der Waals surface area contributed by atoms with Crippen molar-refractivity contribution in [1.82, 2.24) is 9.97 Å². The summed E-state index contributed by atoms with van der Waals surface area (Å²) in [5, 5.41) is 14.9. The van der Waals surface area contributed by atoms with E-state index in [2.05, 4.69) is 29.1 Å². The average Bonchev–Trinajstić information content (AvgIpc) is 2.47. The molecule has 1 aromatic rings. The second-order valence-electron chi connectivity index (χ2n) is 5.09. The zero-order valence-corrected chi connectivity index (χ0v) is 13.4. The summed E-state index contributed by atoms with van der Waals surface area (Å²) in [5.74, 6) is 1.68. The maximum atomic E-state index is 11.5. The van der Waals surface area contributed by atoms with Crippen LogP contribution in [0, 0.1) is 10.1 Å². The fraction of sp³-hybridized carbons (Fsp3) is 0.692. The van der Waals surface area contributed by atoms with E-state index in [1.54, 1.807) is 0 Å². The van der Waals surface area contributed by atoms with E-state index in [1.807, 2.05) is 23.6 Å². The van der Waals surface area contributed by atoms with Crippen LogP contribution in [-0.4, -0.2) is 45.0 Å². The summed E-state index contributed by atoms with van der Waals surface area (Å²) in [6, 6.07) is 0.205. The number of hydrogen-bond donors (Lipinski definition) is 1. The van der Waals surface area contributed by atoms with Crippen LogP contribution in [-0.2, 0) is 0 Å². The molecule has 2 atom stereocenters. The Morgan fingerprint density at radius 2 is 2.29 bits per heavy atom. The molecule has 1 fully saturated rings. The van der Waals surface area contributed by atoms with E-state index < -0.39 is 0 Å². The van der Waals surface area contributed by atoms with Gasteiger partial charge in [0.15, 0.2) is 0 Å². The number of thioether (sulfide) groups is 1. The van der Waals surface area contributed by atoms with Crippen LogP contribution >= 0.6 is 11.8 Å². The molecule has 1 saturated heterocycles. The zero-order valence-electron chi connectivity index (χ0n) is 12.6. The van der Waals surface area contributed by atoms with Gasteiger partial charge in [0.2, 0.25) is 11.6 Å². The number of rotatable bonds is 5. The number of aromatic nitrogens is 2. The van der Waals surface area contributed by atoms with Gasteiger partial charge in [-0.15, -0.1) is 0 Å². The number of nitrogens with one attached hydrogen (secondary N) is 1. The van der Waals surface area contributed by atoms with Gasteiger partial charge in [-0.1, -0.05) is 13.8 Å². The second-order valence-corrected chi connectivity index (χ2v) is 6.57. The monoisotopic (exact) mass is 311 g/mol. The van der Waals surface area contributed by atoms with Crippen LogP contribution in [0.4, 0.5) is 17.3 Å². The molecule has 1 N–H and O–H groups in total. The van der Waals surface area contributed by atoms with Gasteiger partial charge in [0.05, 0.1) is 4.92 Å². The van der Waals surface area contributed by atoms with E-state index in [1.165, 1.54) is 6.33 Å². The maximum Gasteiger partial charge on any atom is 0.353 e. The lowest BCUT2D eigenvalue weighted by Gasteiger charge is -2.37. The molecule has 1 aliphatic rings. The fourth-order valence-corrected chi connectivity index (χ4v) is 3.45. The molecule has 0 saturated carbocycles. The predicted molar refractivity (Wildman–Crippen MR) is 86.2 cm³/mol. The molecule has 116 valence electrons. The number of anilines is 2. The topological polar surface area (TPSA) is 84.2 Å². The molecular weight excluding hydrogens is 290 g/mol. The largest absolute Gasteiger partial charge is 0.364 e. The van der Waals surface area contributed by atoms with Crippen LogP contribution in [0.2, 0.25) is 0 Å². The first-order valence-electron chi connectivity index (χ1n) is 7.17. The Kier molecular flexibility index (Phi) is 5.22. The molecule has 8 heteroatoms. The van der Waals surface area contributed by atoms with Crippen molar-refractivity contribution in [2.45, 2.75) is 38.5 Å². The lowest BCUT2D eigenvalue weighted by atomic mass is 10.2. The third-order valence-electron chi connectivity index (χ3n) is 3.68. The lowest BCUT2D eigenvalue weighted by Crippen LogP contribution is -2.45. The Hall–Kier alpha value is -1.57. The first-order chi connectivity index (χ1) is 10.1. The first kappa shape index (κ1) is 15.8. The molecular formula is C13H21N5O2S. The summed E-state index contributed by atoms with van der Waals surface area (Å²) in [5.41, 5.74) is -0.0168. The molecule has 0 radical (unpaired) electrons. The summed E-state index contributed by atoms with van der Waals surface area (Å²) in [4.78, 5) is 21.4. The molecule has 0 bridgehead atoms. The molecule has 7 nitrogen and oxygen atoms in total. The Bertz CT molecular complexity index is 513. The van der Waals surface area contributed by atoms with Crippen molar-refractivity contribution < 1.29 is 4.92 Å². The van der Waals surface area contributed by atoms with Crippen molar-refractivity contribution in [2.24, 2.45) is 0 Å². The van der Waals surface area contributed by atoms with Gasteiger partial charge in [0.1, 0.15) is 6.33 Å². The third-order valence-corrected chi connectivity index (χ3v) is 5.02. The van der Waals surface area contributed by atoms with E-state index in [0.29, 0.717) is 23.4 Å². The Morgan fingerprint density at radius 3 is 2.95 bits per heavy atom. The summed E-state index contributed by atoms with van der Waals surface area (Å²) in [7, 11) is 0. The number of nitro groups is 1. The highest BCUT2D eigenvalue weighted by molar-refractivity contribution is 8.00. The van der Waals surface area contributed by atoms with Crippen LogP contribution in [0.5, 0.6) is 0 Å². The van der Waals surface area contributed by atoms with Gasteiger partial charge in [0, 0.05) is 30.1 Å². The Labute approximate surface area is 128 Å². The minimum Gasteiger partial charge on any atom is -0.364 e. The predicted octanol–water partition coefficient (Wildman–Crippen LogP) is 2.54. The van der Waals surface area contributed by atoms with Crippen molar-refractivity contribution in [3.8, 4) is 0 Å². The minimum absolute atomic E-state index is 0.0168. The Morgan fingerprint density at radius 1 is 1.52 bits per heavy atom. The number of nitrogens with zero attached hydrogens (tertiary/aromatic N) is 4. The van der Waals surface area contributed by atoms with Gasteiger partial charge in [-0.3, -0.25) is 10.1 Å². The molecule has 0 aromatic carbocycles. The molecule has 21 heavy (non-hydrogen) atoms. The van der Waals surface area contributed by atoms with Gasteiger partial charge in [0.25, 0.3) is 0 Å². The van der Waals surface area contributed by atoms with Gasteiger partial charge < -0.3 is 10.2 Å². The average molecular weight is 311 g/mol. The normalized spacial score (nSPS) is 22.1. The van der Waals surface area contributed by atoms with Crippen LogP contribution in [0.25, 0.3) is 0 Å². The lowest BCUT2D eigenvalue weighted by molar-refractivity contribution is -0.383. The summed E-state index contributed by atoms with van der Waals surface area (Å²) < 4.78 is 0. The highest BCUT2D eigenvalue weighted by atomic mass is 32.2. The highest BCUT2D eigenvalue weighted by Gasteiger charge is 2.33. The van der Waals surface area contributed by atoms with E-state index in [4.69, 9.17) is 0 Å². The van der Waals surface area contributed by atoms with Crippen LogP contribution in [0.1, 0.15) is 27.2 Å². The molecule has 1 aliphatic heterocycles. The standard InChI is InChI=1S/C13H21N5O2S/c1-4-5-14-12-11(18(19)20)13(16-8-15-12)17-6-7-21-10(3)9(17)2/h8-10H,4-7H2,1-3H3,(H,14,15,16). The van der Waals surface area contributed by atoms with Gasteiger partial charge in [-0.05, 0) is 13.3 Å². The quantitative estimate of drug-likeness (QED) is 0.660. The van der Waals surface area contributed by atoms with E-state index in [9.17, 15) is 10.1 Å². The van der Waals surface area contributed by atoms with Gasteiger partial charge in [-0.25, -0.2) is 9.97 Å². The van der Waals surface area contributed by atoms with Gasteiger partial charge >= 0.3 is 5.69 Å². The molecule has 0 aliphatic carbocycles. The van der Waals surface area contributed by atoms with Crippen molar-refractivity contribution in [2.75, 3.05) is 29.1 Å².